The molecule has 118 valence electrons. The fraction of sp³-hybridized carbons (Fsp3) is 0.438. The molecule has 0 bridgehead atoms. The van der Waals surface area contributed by atoms with Crippen molar-refractivity contribution in [1.29, 1.82) is 0 Å². The maximum Gasteiger partial charge on any atom is 0.308 e. The van der Waals surface area contributed by atoms with Crippen molar-refractivity contribution < 1.29 is 19.5 Å². The molecule has 1 aromatic carbocycles. The van der Waals surface area contributed by atoms with Gasteiger partial charge in [-0.3, -0.25) is 14.4 Å². The third-order valence-electron chi connectivity index (χ3n) is 3.59. The highest BCUT2D eigenvalue weighted by Gasteiger charge is 2.35. The Morgan fingerprint density at radius 2 is 1.82 bits per heavy atom. The van der Waals surface area contributed by atoms with Crippen molar-refractivity contribution in [3.63, 3.8) is 0 Å². The molecule has 1 heterocycles. The molecule has 0 spiro atoms. The SMILES string of the molecule is CC(C)(C)C(=O)Nc1ccc(N2C[C@@H](C(=O)O)CC2=O)cc1. The standard InChI is InChI=1S/C16H20N2O4/c1-16(2,3)15(22)17-11-4-6-12(7-5-11)18-9-10(14(20)21)8-13(18)19/h4-7,10H,8-9H2,1-3H3,(H,17,22)(H,20,21)/t10-/m0/s1. The van der Waals surface area contributed by atoms with E-state index in [-0.39, 0.29) is 24.8 Å². The minimum Gasteiger partial charge on any atom is -0.481 e. The molecule has 1 fully saturated rings. The van der Waals surface area contributed by atoms with Gasteiger partial charge in [-0.1, -0.05) is 20.8 Å². The van der Waals surface area contributed by atoms with Crippen LogP contribution in [0.2, 0.25) is 0 Å². The number of hydrogen-bond donors (Lipinski definition) is 2. The molecule has 6 heteroatoms. The van der Waals surface area contributed by atoms with Gasteiger partial charge in [0.05, 0.1) is 5.92 Å². The number of carboxylic acids is 1. The number of aliphatic carboxylic acids is 1. The largest absolute Gasteiger partial charge is 0.481 e. The van der Waals surface area contributed by atoms with Crippen molar-refractivity contribution in [2.45, 2.75) is 27.2 Å². The van der Waals surface area contributed by atoms with E-state index in [9.17, 15) is 14.4 Å². The Morgan fingerprint density at radius 3 is 2.27 bits per heavy atom. The third-order valence-corrected chi connectivity index (χ3v) is 3.59. The Balaban J connectivity index is 2.08. The van der Waals surface area contributed by atoms with E-state index >= 15 is 0 Å². The van der Waals surface area contributed by atoms with Crippen molar-refractivity contribution in [1.82, 2.24) is 0 Å². The Morgan fingerprint density at radius 1 is 1.23 bits per heavy atom. The lowest BCUT2D eigenvalue weighted by molar-refractivity contribution is -0.141. The molecule has 6 nitrogen and oxygen atoms in total. The van der Waals surface area contributed by atoms with Crippen LogP contribution in [0.1, 0.15) is 27.2 Å². The highest BCUT2D eigenvalue weighted by molar-refractivity contribution is 5.99. The minimum absolute atomic E-state index is 0.0256. The van der Waals surface area contributed by atoms with Crippen molar-refractivity contribution >= 4 is 29.2 Å². The average molecular weight is 304 g/mol. The van der Waals surface area contributed by atoms with Gasteiger partial charge in [0.2, 0.25) is 11.8 Å². The zero-order valence-corrected chi connectivity index (χ0v) is 12.9. The van der Waals surface area contributed by atoms with Gasteiger partial charge in [-0.15, -0.1) is 0 Å². The van der Waals surface area contributed by atoms with Gasteiger partial charge < -0.3 is 15.3 Å². The summed E-state index contributed by atoms with van der Waals surface area (Å²) in [6.07, 6.45) is 0.0256. The molecule has 0 unspecified atom stereocenters. The van der Waals surface area contributed by atoms with Gasteiger partial charge in [0.1, 0.15) is 0 Å². The summed E-state index contributed by atoms with van der Waals surface area (Å²) in [7, 11) is 0. The molecule has 0 aliphatic carbocycles. The summed E-state index contributed by atoms with van der Waals surface area (Å²) in [6.45, 7) is 5.66. The van der Waals surface area contributed by atoms with Gasteiger partial charge in [-0.2, -0.15) is 0 Å². The summed E-state index contributed by atoms with van der Waals surface area (Å²) in [5.41, 5.74) is 0.797. The van der Waals surface area contributed by atoms with Gasteiger partial charge in [0.25, 0.3) is 0 Å². The number of rotatable bonds is 3. The third kappa shape index (κ3) is 3.44. The molecular formula is C16H20N2O4. The zero-order valence-electron chi connectivity index (χ0n) is 12.9. The molecule has 22 heavy (non-hydrogen) atoms. The molecule has 1 saturated heterocycles. The molecular weight excluding hydrogens is 284 g/mol. The van der Waals surface area contributed by atoms with E-state index < -0.39 is 17.3 Å². The Bertz CT molecular complexity index is 602. The molecule has 0 saturated carbocycles. The summed E-state index contributed by atoms with van der Waals surface area (Å²) in [5, 5.41) is 11.8. The Labute approximate surface area is 129 Å². The lowest BCUT2D eigenvalue weighted by atomic mass is 9.95. The molecule has 1 atom stereocenters. The number of nitrogens with one attached hydrogen (secondary N) is 1. The van der Waals surface area contributed by atoms with Crippen molar-refractivity contribution in [3.8, 4) is 0 Å². The Kier molecular flexibility index (Phi) is 4.21. The maximum atomic E-state index is 11.9. The fourth-order valence-corrected chi connectivity index (χ4v) is 2.17. The average Bonchev–Trinajstić information content (AvgIpc) is 2.81. The quantitative estimate of drug-likeness (QED) is 0.895. The molecule has 0 radical (unpaired) electrons. The maximum absolute atomic E-state index is 11.9. The second kappa shape index (κ2) is 5.79. The summed E-state index contributed by atoms with van der Waals surface area (Å²) >= 11 is 0. The van der Waals surface area contributed by atoms with Gasteiger partial charge >= 0.3 is 5.97 Å². The highest BCUT2D eigenvalue weighted by Crippen LogP contribution is 2.27. The van der Waals surface area contributed by atoms with E-state index in [0.717, 1.165) is 0 Å². The van der Waals surface area contributed by atoms with Crippen LogP contribution in [0.4, 0.5) is 11.4 Å². The number of carbonyl (C=O) groups excluding carboxylic acids is 2. The number of benzene rings is 1. The number of carboxylic acid groups (broad SMARTS) is 1. The molecule has 2 rings (SSSR count). The van der Waals surface area contributed by atoms with Crippen LogP contribution >= 0.6 is 0 Å². The van der Waals surface area contributed by atoms with Gasteiger partial charge in [0, 0.05) is 29.8 Å². The van der Waals surface area contributed by atoms with Gasteiger partial charge in [-0.05, 0) is 24.3 Å². The van der Waals surface area contributed by atoms with E-state index in [0.29, 0.717) is 11.4 Å². The summed E-state index contributed by atoms with van der Waals surface area (Å²) in [5.74, 6) is -1.90. The topological polar surface area (TPSA) is 86.7 Å². The lowest BCUT2D eigenvalue weighted by Gasteiger charge is -2.19. The highest BCUT2D eigenvalue weighted by atomic mass is 16.4. The lowest BCUT2D eigenvalue weighted by Crippen LogP contribution is -2.28. The van der Waals surface area contributed by atoms with Gasteiger partial charge in [0.15, 0.2) is 0 Å². The van der Waals surface area contributed by atoms with Crippen LogP contribution in [0.25, 0.3) is 0 Å². The van der Waals surface area contributed by atoms with Crippen LogP contribution in [-0.4, -0.2) is 29.4 Å². The van der Waals surface area contributed by atoms with Crippen LogP contribution in [0.15, 0.2) is 24.3 Å². The molecule has 0 aromatic heterocycles. The molecule has 2 amide bonds. The number of anilines is 2. The first-order valence-electron chi connectivity index (χ1n) is 7.13. The van der Waals surface area contributed by atoms with E-state index in [1.807, 2.05) is 20.8 Å². The zero-order chi connectivity index (χ0) is 16.5. The summed E-state index contributed by atoms with van der Waals surface area (Å²) in [4.78, 5) is 36.2. The predicted octanol–water partition coefficient (Wildman–Crippen LogP) is 2.11. The van der Waals surface area contributed by atoms with Gasteiger partial charge in [-0.25, -0.2) is 0 Å². The van der Waals surface area contributed by atoms with E-state index in [1.165, 1.54) is 4.90 Å². The number of amides is 2. The van der Waals surface area contributed by atoms with E-state index in [2.05, 4.69) is 5.32 Å². The first-order chi connectivity index (χ1) is 10.2. The van der Waals surface area contributed by atoms with Crippen LogP contribution in [0.5, 0.6) is 0 Å². The fourth-order valence-electron chi connectivity index (χ4n) is 2.17. The molecule has 1 aliphatic rings. The van der Waals surface area contributed by atoms with Crippen LogP contribution in [-0.2, 0) is 14.4 Å². The first kappa shape index (κ1) is 16.0. The number of nitrogens with zero attached hydrogens (tertiary/aromatic N) is 1. The molecule has 1 aliphatic heterocycles. The summed E-state index contributed by atoms with van der Waals surface area (Å²) in [6, 6.07) is 6.83. The summed E-state index contributed by atoms with van der Waals surface area (Å²) < 4.78 is 0. The van der Waals surface area contributed by atoms with Crippen molar-refractivity contribution in [3.05, 3.63) is 24.3 Å². The van der Waals surface area contributed by atoms with Crippen LogP contribution in [0, 0.1) is 11.3 Å². The van der Waals surface area contributed by atoms with E-state index in [1.54, 1.807) is 24.3 Å². The normalized spacial score (nSPS) is 18.4. The molecule has 1 aromatic rings. The molecule has 2 N–H and O–H groups in total. The number of carbonyl (C=O) groups is 3. The number of hydrogen-bond acceptors (Lipinski definition) is 3. The van der Waals surface area contributed by atoms with Crippen LogP contribution in [0.3, 0.4) is 0 Å². The minimum atomic E-state index is -0.954. The Hall–Kier alpha value is -2.37. The van der Waals surface area contributed by atoms with Crippen LogP contribution < -0.4 is 10.2 Å². The predicted molar refractivity (Wildman–Crippen MR) is 82.6 cm³/mol. The second-order valence-corrected chi connectivity index (χ2v) is 6.49. The van der Waals surface area contributed by atoms with Crippen molar-refractivity contribution in [2.24, 2.45) is 11.3 Å². The second-order valence-electron chi connectivity index (χ2n) is 6.49. The smallest absolute Gasteiger partial charge is 0.308 e. The van der Waals surface area contributed by atoms with Crippen molar-refractivity contribution in [2.75, 3.05) is 16.8 Å². The first-order valence-corrected chi connectivity index (χ1v) is 7.13. The van der Waals surface area contributed by atoms with E-state index in [4.69, 9.17) is 5.11 Å². The monoisotopic (exact) mass is 304 g/mol.